The standard InChI is InChI=1S/C26H29ClN2O4S2/c1-20-9-6-7-10-21(20)19-34-16-8-15-28-26(30)18-29(24-17-22(27)13-14-25(24)33-2)35(31,32)23-11-4-3-5-12-23/h3-7,9-14,17H,8,15-16,18-19H2,1-2H3,(H,28,30). The van der Waals surface area contributed by atoms with Gasteiger partial charge in [-0.3, -0.25) is 9.10 Å². The normalized spacial score (nSPS) is 11.2. The minimum Gasteiger partial charge on any atom is -0.495 e. The molecule has 0 heterocycles. The van der Waals surface area contributed by atoms with Gasteiger partial charge in [-0.1, -0.05) is 54.1 Å². The van der Waals surface area contributed by atoms with Gasteiger partial charge in [-0.25, -0.2) is 8.42 Å². The molecule has 6 nitrogen and oxygen atoms in total. The summed E-state index contributed by atoms with van der Waals surface area (Å²) in [5.74, 6) is 1.69. The first-order valence-electron chi connectivity index (χ1n) is 11.1. The molecule has 1 N–H and O–H groups in total. The molecular formula is C26H29ClN2O4S2. The Bertz CT molecular complexity index is 1240. The molecule has 0 aliphatic heterocycles. The van der Waals surface area contributed by atoms with Crippen molar-refractivity contribution >= 4 is 45.0 Å². The smallest absolute Gasteiger partial charge is 0.264 e. The number of sulfonamides is 1. The van der Waals surface area contributed by atoms with E-state index in [-0.39, 0.29) is 10.6 Å². The number of hydrogen-bond donors (Lipinski definition) is 1. The van der Waals surface area contributed by atoms with Gasteiger partial charge in [0.1, 0.15) is 12.3 Å². The summed E-state index contributed by atoms with van der Waals surface area (Å²) in [7, 11) is -2.60. The van der Waals surface area contributed by atoms with E-state index in [4.69, 9.17) is 16.3 Å². The minimum absolute atomic E-state index is 0.0717. The molecule has 0 saturated carbocycles. The third kappa shape index (κ3) is 7.40. The maximum Gasteiger partial charge on any atom is 0.264 e. The number of benzene rings is 3. The van der Waals surface area contributed by atoms with Gasteiger partial charge in [0, 0.05) is 17.3 Å². The molecule has 0 unspecified atom stereocenters. The van der Waals surface area contributed by atoms with Crippen molar-refractivity contribution in [3.8, 4) is 5.75 Å². The van der Waals surface area contributed by atoms with Crippen LogP contribution in [0.2, 0.25) is 5.02 Å². The first-order valence-corrected chi connectivity index (χ1v) is 14.1. The highest BCUT2D eigenvalue weighted by Crippen LogP contribution is 2.34. The molecule has 186 valence electrons. The topological polar surface area (TPSA) is 75.7 Å². The van der Waals surface area contributed by atoms with Crippen LogP contribution in [0, 0.1) is 6.92 Å². The van der Waals surface area contributed by atoms with Gasteiger partial charge in [-0.2, -0.15) is 11.8 Å². The summed E-state index contributed by atoms with van der Waals surface area (Å²) in [6.45, 7) is 2.15. The third-order valence-electron chi connectivity index (χ3n) is 5.33. The second kappa shape index (κ2) is 12.9. The Labute approximate surface area is 216 Å². The average Bonchev–Trinajstić information content (AvgIpc) is 2.86. The van der Waals surface area contributed by atoms with Crippen LogP contribution in [0.3, 0.4) is 0 Å². The predicted molar refractivity (Wildman–Crippen MR) is 144 cm³/mol. The summed E-state index contributed by atoms with van der Waals surface area (Å²) >= 11 is 7.96. The number of nitrogens with one attached hydrogen (secondary N) is 1. The average molecular weight is 533 g/mol. The van der Waals surface area contributed by atoms with Gasteiger partial charge in [0.25, 0.3) is 10.0 Å². The van der Waals surface area contributed by atoms with Gasteiger partial charge in [0.15, 0.2) is 0 Å². The van der Waals surface area contributed by atoms with E-state index in [1.807, 2.05) is 12.1 Å². The molecule has 0 saturated heterocycles. The fourth-order valence-corrected chi connectivity index (χ4v) is 6.07. The van der Waals surface area contributed by atoms with Gasteiger partial charge in [-0.05, 0) is 60.6 Å². The largest absolute Gasteiger partial charge is 0.495 e. The Morgan fingerprint density at radius 2 is 1.77 bits per heavy atom. The molecule has 3 rings (SSSR count). The summed E-state index contributed by atoms with van der Waals surface area (Å²) in [6.07, 6.45) is 0.772. The first kappa shape index (κ1) is 26.9. The van der Waals surface area contributed by atoms with Crippen molar-refractivity contribution in [3.05, 3.63) is 88.9 Å². The van der Waals surface area contributed by atoms with E-state index in [0.29, 0.717) is 17.3 Å². The van der Waals surface area contributed by atoms with Gasteiger partial charge >= 0.3 is 0 Å². The van der Waals surface area contributed by atoms with E-state index in [1.165, 1.54) is 36.4 Å². The molecule has 1 amide bonds. The number of nitrogens with zero attached hydrogens (tertiary/aromatic N) is 1. The number of methoxy groups -OCH3 is 1. The highest BCUT2D eigenvalue weighted by molar-refractivity contribution is 7.98. The monoisotopic (exact) mass is 532 g/mol. The van der Waals surface area contributed by atoms with Crippen molar-refractivity contribution in [1.29, 1.82) is 0 Å². The number of aryl methyl sites for hydroxylation is 1. The SMILES string of the molecule is COc1ccc(Cl)cc1N(CC(=O)NCCCSCc1ccccc1C)S(=O)(=O)c1ccccc1. The first-order chi connectivity index (χ1) is 16.8. The number of thioether (sulfide) groups is 1. The number of amides is 1. The lowest BCUT2D eigenvalue weighted by atomic mass is 10.1. The van der Waals surface area contributed by atoms with E-state index < -0.39 is 22.5 Å². The van der Waals surface area contributed by atoms with Crippen LogP contribution in [0.25, 0.3) is 0 Å². The Hall–Kier alpha value is -2.68. The summed E-state index contributed by atoms with van der Waals surface area (Å²) in [6, 6.07) is 20.9. The molecule has 0 aromatic heterocycles. The quantitative estimate of drug-likeness (QED) is 0.321. The van der Waals surface area contributed by atoms with E-state index in [9.17, 15) is 13.2 Å². The summed E-state index contributed by atoms with van der Waals surface area (Å²) in [5.41, 5.74) is 2.77. The molecular weight excluding hydrogens is 504 g/mol. The maximum atomic E-state index is 13.5. The maximum absolute atomic E-state index is 13.5. The van der Waals surface area contributed by atoms with Crippen molar-refractivity contribution in [2.75, 3.05) is 30.3 Å². The molecule has 0 bridgehead atoms. The molecule has 0 spiro atoms. The summed E-state index contributed by atoms with van der Waals surface area (Å²) in [5, 5.41) is 3.17. The second-order valence-electron chi connectivity index (χ2n) is 7.82. The molecule has 0 fully saturated rings. The summed E-state index contributed by atoms with van der Waals surface area (Å²) < 4.78 is 33.3. The lowest BCUT2D eigenvalue weighted by molar-refractivity contribution is -0.119. The van der Waals surface area contributed by atoms with Crippen LogP contribution >= 0.6 is 23.4 Å². The number of carbonyl (C=O) groups is 1. The van der Waals surface area contributed by atoms with Crippen LogP contribution in [0.5, 0.6) is 5.75 Å². The van der Waals surface area contributed by atoms with Crippen LogP contribution in [-0.4, -0.2) is 40.3 Å². The number of halogens is 1. The molecule has 0 aliphatic carbocycles. The van der Waals surface area contributed by atoms with Gasteiger partial charge in [-0.15, -0.1) is 0 Å². The van der Waals surface area contributed by atoms with Crippen LogP contribution in [0.15, 0.2) is 77.7 Å². The van der Waals surface area contributed by atoms with Gasteiger partial charge < -0.3 is 10.1 Å². The highest BCUT2D eigenvalue weighted by Gasteiger charge is 2.29. The Balaban J connectivity index is 1.65. The predicted octanol–water partition coefficient (Wildman–Crippen LogP) is 5.29. The molecule has 35 heavy (non-hydrogen) atoms. The van der Waals surface area contributed by atoms with Gasteiger partial charge in [0.05, 0.1) is 17.7 Å². The zero-order valence-electron chi connectivity index (χ0n) is 19.7. The minimum atomic E-state index is -4.04. The number of hydrogen-bond acceptors (Lipinski definition) is 5. The Morgan fingerprint density at radius 1 is 1.06 bits per heavy atom. The van der Waals surface area contributed by atoms with Crippen molar-refractivity contribution in [3.63, 3.8) is 0 Å². The van der Waals surface area contributed by atoms with Crippen LogP contribution < -0.4 is 14.4 Å². The van der Waals surface area contributed by atoms with Crippen LogP contribution in [0.1, 0.15) is 17.5 Å². The molecule has 0 aliphatic rings. The number of anilines is 1. The van der Waals surface area contributed by atoms with Crippen molar-refractivity contribution in [2.24, 2.45) is 0 Å². The fourth-order valence-electron chi connectivity index (χ4n) is 3.42. The van der Waals surface area contributed by atoms with E-state index >= 15 is 0 Å². The molecule has 3 aromatic carbocycles. The lowest BCUT2D eigenvalue weighted by Gasteiger charge is -2.25. The Kier molecular flexibility index (Phi) is 9.89. The molecule has 3 aromatic rings. The summed E-state index contributed by atoms with van der Waals surface area (Å²) in [4.78, 5) is 12.9. The number of rotatable bonds is 12. The van der Waals surface area contributed by atoms with E-state index in [0.717, 1.165) is 22.2 Å². The second-order valence-corrected chi connectivity index (χ2v) is 11.2. The molecule has 0 atom stereocenters. The van der Waals surface area contributed by atoms with Crippen LogP contribution in [-0.2, 0) is 20.6 Å². The van der Waals surface area contributed by atoms with Crippen molar-refractivity contribution in [2.45, 2.75) is 24.0 Å². The highest BCUT2D eigenvalue weighted by atomic mass is 35.5. The van der Waals surface area contributed by atoms with E-state index in [2.05, 4.69) is 24.4 Å². The zero-order chi connectivity index (χ0) is 25.3. The Morgan fingerprint density at radius 3 is 2.49 bits per heavy atom. The van der Waals surface area contributed by atoms with Crippen molar-refractivity contribution in [1.82, 2.24) is 5.32 Å². The van der Waals surface area contributed by atoms with E-state index in [1.54, 1.807) is 42.1 Å². The van der Waals surface area contributed by atoms with Crippen LogP contribution in [0.4, 0.5) is 5.69 Å². The molecule has 9 heteroatoms. The van der Waals surface area contributed by atoms with Gasteiger partial charge in [0.2, 0.25) is 5.91 Å². The zero-order valence-corrected chi connectivity index (χ0v) is 22.1. The number of ether oxygens (including phenoxy) is 1. The number of carbonyl (C=O) groups excluding carboxylic acids is 1. The lowest BCUT2D eigenvalue weighted by Crippen LogP contribution is -2.41. The fraction of sp³-hybridized carbons (Fsp3) is 0.269. The third-order valence-corrected chi connectivity index (χ3v) is 8.44. The van der Waals surface area contributed by atoms with Crippen molar-refractivity contribution < 1.29 is 17.9 Å². The molecule has 0 radical (unpaired) electrons.